The van der Waals surface area contributed by atoms with E-state index < -0.39 is 5.82 Å². The minimum atomic E-state index is -0.617. The zero-order chi connectivity index (χ0) is 10.7. The molecular weight excluding hydrogens is 251 g/mol. The molecule has 0 unspecified atom stereocenters. The Hall–Kier alpha value is -1.41. The second kappa shape index (κ2) is 4.20. The molecule has 1 rings (SSSR count). The van der Waals surface area contributed by atoms with Crippen molar-refractivity contribution in [3.8, 4) is 6.07 Å². The first-order chi connectivity index (χ1) is 6.54. The Morgan fingerprint density at radius 3 is 2.79 bits per heavy atom. The van der Waals surface area contributed by atoms with Gasteiger partial charge in [-0.05, 0) is 28.1 Å². The van der Waals surface area contributed by atoms with Crippen molar-refractivity contribution in [1.82, 2.24) is 0 Å². The third-order valence-corrected chi connectivity index (χ3v) is 2.14. The summed E-state index contributed by atoms with van der Waals surface area (Å²) in [6.45, 7) is 1.34. The molecule has 14 heavy (non-hydrogen) atoms. The highest BCUT2D eigenvalue weighted by Crippen LogP contribution is 2.25. The summed E-state index contributed by atoms with van der Waals surface area (Å²) >= 11 is 3.07. The van der Waals surface area contributed by atoms with Crippen LogP contribution in [0, 0.1) is 17.1 Å². The molecule has 0 fully saturated rings. The molecule has 0 aliphatic rings. The summed E-state index contributed by atoms with van der Waals surface area (Å²) in [7, 11) is 0. The fourth-order valence-electron chi connectivity index (χ4n) is 0.920. The van der Waals surface area contributed by atoms with E-state index in [1.165, 1.54) is 13.0 Å². The van der Waals surface area contributed by atoms with E-state index in [0.29, 0.717) is 10.2 Å². The number of nitrogens with one attached hydrogen (secondary N) is 1. The molecule has 0 saturated carbocycles. The number of hydrogen-bond donors (Lipinski definition) is 1. The van der Waals surface area contributed by atoms with Crippen LogP contribution in [0.1, 0.15) is 12.5 Å². The van der Waals surface area contributed by atoms with Gasteiger partial charge in [-0.2, -0.15) is 5.26 Å². The molecule has 0 radical (unpaired) electrons. The minimum Gasteiger partial charge on any atom is -0.325 e. The van der Waals surface area contributed by atoms with Gasteiger partial charge in [0.15, 0.2) is 0 Å². The third kappa shape index (κ3) is 2.30. The summed E-state index contributed by atoms with van der Waals surface area (Å²) in [5, 5.41) is 11.0. The highest BCUT2D eigenvalue weighted by atomic mass is 79.9. The molecule has 1 amide bonds. The van der Waals surface area contributed by atoms with Crippen LogP contribution in [0.4, 0.5) is 10.1 Å². The first kappa shape index (κ1) is 10.7. The van der Waals surface area contributed by atoms with Gasteiger partial charge >= 0.3 is 0 Å². The van der Waals surface area contributed by atoms with Gasteiger partial charge in [-0.3, -0.25) is 4.79 Å². The quantitative estimate of drug-likeness (QED) is 0.839. The predicted octanol–water partition coefficient (Wildman–Crippen LogP) is 2.42. The van der Waals surface area contributed by atoms with Gasteiger partial charge in [0.05, 0.1) is 11.3 Å². The number of anilines is 1. The number of halogens is 2. The van der Waals surface area contributed by atoms with Crippen molar-refractivity contribution >= 4 is 27.5 Å². The molecule has 1 aromatic carbocycles. The van der Waals surface area contributed by atoms with Crippen LogP contribution in [0.25, 0.3) is 0 Å². The number of hydrogen-bond acceptors (Lipinski definition) is 2. The van der Waals surface area contributed by atoms with Crippen molar-refractivity contribution < 1.29 is 9.18 Å². The smallest absolute Gasteiger partial charge is 0.221 e. The Balaban J connectivity index is 3.19. The summed E-state index contributed by atoms with van der Waals surface area (Å²) in [5.74, 6) is -0.894. The predicted molar refractivity (Wildman–Crippen MR) is 53.1 cm³/mol. The number of nitrogens with zero attached hydrogens (tertiary/aromatic N) is 1. The van der Waals surface area contributed by atoms with E-state index in [9.17, 15) is 9.18 Å². The van der Waals surface area contributed by atoms with E-state index in [1.54, 1.807) is 6.07 Å². The van der Waals surface area contributed by atoms with Crippen molar-refractivity contribution in [3.63, 3.8) is 0 Å². The van der Waals surface area contributed by atoms with Gasteiger partial charge in [-0.1, -0.05) is 0 Å². The Morgan fingerprint density at radius 1 is 1.64 bits per heavy atom. The average molecular weight is 257 g/mol. The van der Waals surface area contributed by atoms with Crippen LogP contribution >= 0.6 is 15.9 Å². The van der Waals surface area contributed by atoms with E-state index in [4.69, 9.17) is 5.26 Å². The zero-order valence-corrected chi connectivity index (χ0v) is 8.85. The highest BCUT2D eigenvalue weighted by molar-refractivity contribution is 9.10. The number of carbonyl (C=O) groups is 1. The molecule has 0 saturated heterocycles. The number of carbonyl (C=O) groups excluding carboxylic acids is 1. The minimum absolute atomic E-state index is 0.100. The molecule has 5 heteroatoms. The fourth-order valence-corrected chi connectivity index (χ4v) is 1.33. The lowest BCUT2D eigenvalue weighted by atomic mass is 10.2. The van der Waals surface area contributed by atoms with Crippen LogP contribution in [-0.2, 0) is 4.79 Å². The van der Waals surface area contributed by atoms with Crippen LogP contribution in [0.15, 0.2) is 16.6 Å². The highest BCUT2D eigenvalue weighted by Gasteiger charge is 2.08. The second-order valence-electron chi connectivity index (χ2n) is 2.60. The number of benzene rings is 1. The molecule has 1 N–H and O–H groups in total. The maximum Gasteiger partial charge on any atom is 0.221 e. The lowest BCUT2D eigenvalue weighted by Crippen LogP contribution is -2.07. The first-order valence-corrected chi connectivity index (χ1v) is 4.50. The molecule has 0 aliphatic heterocycles. The van der Waals surface area contributed by atoms with Crippen LogP contribution in [0.2, 0.25) is 0 Å². The molecule has 0 aliphatic carbocycles. The Kier molecular flexibility index (Phi) is 3.20. The Morgan fingerprint density at radius 2 is 2.29 bits per heavy atom. The van der Waals surface area contributed by atoms with Gasteiger partial charge in [0.1, 0.15) is 11.9 Å². The first-order valence-electron chi connectivity index (χ1n) is 3.71. The standard InChI is InChI=1S/C9H6BrFN2O/c1-5(14)13-9-2-6(4-12)8(11)3-7(9)10/h2-3H,1H3,(H,13,14). The van der Waals surface area contributed by atoms with Crippen molar-refractivity contribution in [1.29, 1.82) is 5.26 Å². The maximum absolute atomic E-state index is 13.0. The van der Waals surface area contributed by atoms with E-state index in [1.807, 2.05) is 0 Å². The van der Waals surface area contributed by atoms with E-state index >= 15 is 0 Å². The van der Waals surface area contributed by atoms with Gasteiger partial charge in [0, 0.05) is 11.4 Å². The largest absolute Gasteiger partial charge is 0.325 e. The van der Waals surface area contributed by atoms with Crippen molar-refractivity contribution in [2.45, 2.75) is 6.92 Å². The van der Waals surface area contributed by atoms with Crippen LogP contribution < -0.4 is 5.32 Å². The van der Waals surface area contributed by atoms with E-state index in [0.717, 1.165) is 6.07 Å². The van der Waals surface area contributed by atoms with Gasteiger partial charge in [-0.15, -0.1) is 0 Å². The molecule has 0 aromatic heterocycles. The monoisotopic (exact) mass is 256 g/mol. The Bertz CT molecular complexity index is 426. The second-order valence-corrected chi connectivity index (χ2v) is 3.46. The molecular formula is C9H6BrFN2O. The van der Waals surface area contributed by atoms with Crippen molar-refractivity contribution in [3.05, 3.63) is 28.0 Å². The van der Waals surface area contributed by atoms with Crippen LogP contribution in [0.5, 0.6) is 0 Å². The third-order valence-electron chi connectivity index (χ3n) is 1.49. The average Bonchev–Trinajstić information content (AvgIpc) is 2.09. The lowest BCUT2D eigenvalue weighted by molar-refractivity contribution is -0.114. The van der Waals surface area contributed by atoms with E-state index in [2.05, 4.69) is 21.2 Å². The topological polar surface area (TPSA) is 52.9 Å². The molecule has 0 bridgehead atoms. The molecule has 3 nitrogen and oxygen atoms in total. The fraction of sp³-hybridized carbons (Fsp3) is 0.111. The van der Waals surface area contributed by atoms with Gasteiger partial charge in [0.25, 0.3) is 0 Å². The van der Waals surface area contributed by atoms with Gasteiger partial charge in [0.2, 0.25) is 5.91 Å². The normalized spacial score (nSPS) is 9.29. The molecule has 0 heterocycles. The van der Waals surface area contributed by atoms with Gasteiger partial charge in [-0.25, -0.2) is 4.39 Å². The summed E-state index contributed by atoms with van der Waals surface area (Å²) < 4.78 is 13.4. The number of rotatable bonds is 1. The molecule has 0 spiro atoms. The van der Waals surface area contributed by atoms with E-state index in [-0.39, 0.29) is 11.5 Å². The van der Waals surface area contributed by atoms with Crippen molar-refractivity contribution in [2.24, 2.45) is 0 Å². The summed E-state index contributed by atoms with van der Waals surface area (Å²) in [4.78, 5) is 10.7. The van der Waals surface area contributed by atoms with Crippen LogP contribution in [-0.4, -0.2) is 5.91 Å². The number of nitriles is 1. The molecule has 72 valence electrons. The van der Waals surface area contributed by atoms with Crippen LogP contribution in [0.3, 0.4) is 0 Å². The van der Waals surface area contributed by atoms with Crippen molar-refractivity contribution in [2.75, 3.05) is 5.32 Å². The van der Waals surface area contributed by atoms with Gasteiger partial charge < -0.3 is 5.32 Å². The lowest BCUT2D eigenvalue weighted by Gasteiger charge is -2.05. The molecule has 1 aromatic rings. The summed E-state index contributed by atoms with van der Waals surface area (Å²) in [5.41, 5.74) is 0.285. The molecule has 0 atom stereocenters. The Labute approximate surface area is 88.7 Å². The zero-order valence-electron chi connectivity index (χ0n) is 7.27. The SMILES string of the molecule is CC(=O)Nc1cc(C#N)c(F)cc1Br. The maximum atomic E-state index is 13.0. The number of amides is 1. The summed E-state index contributed by atoms with van der Waals surface area (Å²) in [6, 6.07) is 4.11. The summed E-state index contributed by atoms with van der Waals surface area (Å²) in [6.07, 6.45) is 0.